The third-order valence-electron chi connectivity index (χ3n) is 3.87. The summed E-state index contributed by atoms with van der Waals surface area (Å²) >= 11 is 5.64. The smallest absolute Gasteiger partial charge is 0.417 e. The average Bonchev–Trinajstić information content (AvgIpc) is 3.14. The minimum Gasteiger partial charge on any atom is -0.457 e. The van der Waals surface area contributed by atoms with Crippen molar-refractivity contribution in [3.05, 3.63) is 82.6 Å². The summed E-state index contributed by atoms with van der Waals surface area (Å²) in [6.07, 6.45) is -3.36. The maximum atomic E-state index is 12.8. The van der Waals surface area contributed by atoms with Crippen LogP contribution in [0.5, 0.6) is 0 Å². The molecule has 1 amide bonds. The predicted molar refractivity (Wildman–Crippen MR) is 103 cm³/mol. The van der Waals surface area contributed by atoms with Gasteiger partial charge in [0, 0.05) is 17.3 Å². The van der Waals surface area contributed by atoms with Crippen molar-refractivity contribution in [1.82, 2.24) is 0 Å². The van der Waals surface area contributed by atoms with E-state index in [2.05, 4.69) is 5.32 Å². The van der Waals surface area contributed by atoms with E-state index in [1.807, 2.05) is 30.3 Å². The van der Waals surface area contributed by atoms with Gasteiger partial charge < -0.3 is 9.73 Å². The van der Waals surface area contributed by atoms with Crippen molar-refractivity contribution in [1.29, 1.82) is 5.26 Å². The van der Waals surface area contributed by atoms with E-state index in [0.717, 1.165) is 23.8 Å². The van der Waals surface area contributed by atoms with E-state index in [9.17, 15) is 23.2 Å². The minimum absolute atomic E-state index is 0.0265. The first-order valence-electron chi connectivity index (χ1n) is 8.23. The third-order valence-corrected chi connectivity index (χ3v) is 4.18. The number of nitriles is 1. The number of carbonyl (C=O) groups is 1. The van der Waals surface area contributed by atoms with Crippen LogP contribution >= 0.6 is 11.6 Å². The number of nitrogens with one attached hydrogen (secondary N) is 1. The summed E-state index contributed by atoms with van der Waals surface area (Å²) < 4.78 is 43.9. The fourth-order valence-corrected chi connectivity index (χ4v) is 2.79. The number of amides is 1. The molecule has 0 bridgehead atoms. The monoisotopic (exact) mass is 416 g/mol. The van der Waals surface area contributed by atoms with Crippen LogP contribution in [0.1, 0.15) is 11.3 Å². The molecule has 0 saturated heterocycles. The van der Waals surface area contributed by atoms with Crippen LogP contribution in [0, 0.1) is 11.3 Å². The number of furan rings is 1. The van der Waals surface area contributed by atoms with Gasteiger partial charge in [0.05, 0.1) is 10.6 Å². The number of halogens is 4. The molecular weight excluding hydrogens is 405 g/mol. The largest absolute Gasteiger partial charge is 0.457 e. The van der Waals surface area contributed by atoms with Crippen LogP contribution in [0.15, 0.2) is 70.7 Å². The van der Waals surface area contributed by atoms with Gasteiger partial charge in [-0.15, -0.1) is 0 Å². The van der Waals surface area contributed by atoms with Gasteiger partial charge in [0.2, 0.25) is 0 Å². The number of carbonyl (C=O) groups excluding carboxylic acids is 1. The summed E-state index contributed by atoms with van der Waals surface area (Å²) in [5, 5.41) is 11.1. The fraction of sp³-hybridized carbons (Fsp3) is 0.0476. The number of hydrogen-bond donors (Lipinski definition) is 1. The zero-order valence-electron chi connectivity index (χ0n) is 14.6. The van der Waals surface area contributed by atoms with Crippen molar-refractivity contribution in [2.75, 3.05) is 5.32 Å². The standard InChI is InChI=1S/C21H12ClF3N2O2/c22-18-11-15(6-8-17(18)21(23,24)25)27-20(28)14(12-26)10-16-7-9-19(29-16)13-4-2-1-3-5-13/h1-11H,(H,27,28)/b14-10+. The summed E-state index contributed by atoms with van der Waals surface area (Å²) in [6.45, 7) is 0. The third kappa shape index (κ3) is 4.86. The van der Waals surface area contributed by atoms with Gasteiger partial charge in [-0.05, 0) is 30.3 Å². The molecular formula is C21H12ClF3N2O2. The van der Waals surface area contributed by atoms with Gasteiger partial charge in [0.15, 0.2) is 0 Å². The second-order valence-electron chi connectivity index (χ2n) is 5.88. The summed E-state index contributed by atoms with van der Waals surface area (Å²) in [5.41, 5.74) is -0.444. The summed E-state index contributed by atoms with van der Waals surface area (Å²) in [7, 11) is 0. The lowest BCUT2D eigenvalue weighted by Gasteiger charge is -2.10. The van der Waals surface area contributed by atoms with Crippen LogP contribution in [0.4, 0.5) is 18.9 Å². The molecule has 4 nitrogen and oxygen atoms in total. The van der Waals surface area contributed by atoms with Gasteiger partial charge in [0.25, 0.3) is 5.91 Å². The number of hydrogen-bond acceptors (Lipinski definition) is 3. The topological polar surface area (TPSA) is 66.0 Å². The Balaban J connectivity index is 1.79. The second kappa shape index (κ2) is 8.25. The Morgan fingerprint density at radius 1 is 1.10 bits per heavy atom. The second-order valence-corrected chi connectivity index (χ2v) is 6.29. The lowest BCUT2D eigenvalue weighted by Crippen LogP contribution is -2.14. The van der Waals surface area contributed by atoms with Crippen LogP contribution in [0.2, 0.25) is 5.02 Å². The summed E-state index contributed by atoms with van der Waals surface area (Å²) in [5.74, 6) is 0.0334. The zero-order chi connectivity index (χ0) is 21.0. The Bertz CT molecular complexity index is 1110. The molecule has 1 heterocycles. The molecule has 0 unspecified atom stereocenters. The van der Waals surface area contributed by atoms with Crippen molar-refractivity contribution in [3.63, 3.8) is 0 Å². The normalized spacial score (nSPS) is 11.8. The Kier molecular flexibility index (Phi) is 5.76. The molecule has 0 fully saturated rings. The molecule has 0 atom stereocenters. The van der Waals surface area contributed by atoms with Crippen LogP contribution in [0.25, 0.3) is 17.4 Å². The van der Waals surface area contributed by atoms with Crippen LogP contribution in [-0.4, -0.2) is 5.91 Å². The summed E-state index contributed by atoms with van der Waals surface area (Å²) in [6, 6.07) is 17.1. The van der Waals surface area contributed by atoms with Gasteiger partial charge in [-0.3, -0.25) is 4.79 Å². The van der Waals surface area contributed by atoms with Crippen molar-refractivity contribution in [2.24, 2.45) is 0 Å². The van der Waals surface area contributed by atoms with Gasteiger partial charge in [-0.25, -0.2) is 0 Å². The fourth-order valence-electron chi connectivity index (χ4n) is 2.50. The quantitative estimate of drug-likeness (QED) is 0.409. The molecule has 1 aromatic heterocycles. The SMILES string of the molecule is N#C/C(=C\c1ccc(-c2ccccc2)o1)C(=O)Nc1ccc(C(F)(F)F)c(Cl)c1. The Labute approximate surface area is 168 Å². The Morgan fingerprint density at radius 2 is 1.83 bits per heavy atom. The molecule has 0 aliphatic rings. The highest BCUT2D eigenvalue weighted by atomic mass is 35.5. The predicted octanol–water partition coefficient (Wildman–Crippen LogP) is 6.16. The first-order chi connectivity index (χ1) is 13.8. The van der Waals surface area contributed by atoms with Crippen molar-refractivity contribution >= 4 is 29.3 Å². The number of rotatable bonds is 4. The highest BCUT2D eigenvalue weighted by molar-refractivity contribution is 6.31. The molecule has 0 aliphatic heterocycles. The molecule has 1 N–H and O–H groups in total. The molecule has 0 radical (unpaired) electrons. The maximum absolute atomic E-state index is 12.8. The maximum Gasteiger partial charge on any atom is 0.417 e. The van der Waals surface area contributed by atoms with E-state index in [4.69, 9.17) is 16.0 Å². The number of benzene rings is 2. The highest BCUT2D eigenvalue weighted by Gasteiger charge is 2.33. The average molecular weight is 417 g/mol. The lowest BCUT2D eigenvalue weighted by atomic mass is 10.1. The number of nitrogens with zero attached hydrogens (tertiary/aromatic N) is 1. The number of anilines is 1. The van der Waals surface area contributed by atoms with Crippen molar-refractivity contribution in [3.8, 4) is 17.4 Å². The van der Waals surface area contributed by atoms with E-state index in [0.29, 0.717) is 5.76 Å². The molecule has 146 valence electrons. The molecule has 3 aromatic rings. The van der Waals surface area contributed by atoms with Gasteiger partial charge >= 0.3 is 6.18 Å². The van der Waals surface area contributed by atoms with E-state index >= 15 is 0 Å². The molecule has 0 saturated carbocycles. The minimum atomic E-state index is -4.60. The lowest BCUT2D eigenvalue weighted by molar-refractivity contribution is -0.137. The van der Waals surface area contributed by atoms with E-state index < -0.39 is 22.7 Å². The van der Waals surface area contributed by atoms with Gasteiger partial charge in [-0.2, -0.15) is 18.4 Å². The number of alkyl halides is 3. The first kappa shape index (κ1) is 20.2. The molecule has 0 spiro atoms. The highest BCUT2D eigenvalue weighted by Crippen LogP contribution is 2.36. The van der Waals surface area contributed by atoms with E-state index in [-0.39, 0.29) is 17.0 Å². The first-order valence-corrected chi connectivity index (χ1v) is 8.61. The van der Waals surface area contributed by atoms with Crippen LogP contribution in [0.3, 0.4) is 0 Å². The molecule has 2 aromatic carbocycles. The van der Waals surface area contributed by atoms with E-state index in [1.165, 1.54) is 6.08 Å². The Morgan fingerprint density at radius 3 is 2.45 bits per heavy atom. The van der Waals surface area contributed by atoms with Gasteiger partial charge in [0.1, 0.15) is 23.2 Å². The molecule has 3 rings (SSSR count). The van der Waals surface area contributed by atoms with Gasteiger partial charge in [-0.1, -0.05) is 41.9 Å². The van der Waals surface area contributed by atoms with Crippen LogP contribution in [-0.2, 0) is 11.0 Å². The molecule has 0 aliphatic carbocycles. The Hall–Kier alpha value is -3.50. The summed E-state index contributed by atoms with van der Waals surface area (Å²) in [4.78, 5) is 12.3. The zero-order valence-corrected chi connectivity index (χ0v) is 15.4. The van der Waals surface area contributed by atoms with Crippen LogP contribution < -0.4 is 5.32 Å². The van der Waals surface area contributed by atoms with E-state index in [1.54, 1.807) is 18.2 Å². The van der Waals surface area contributed by atoms with Crippen molar-refractivity contribution < 1.29 is 22.4 Å². The van der Waals surface area contributed by atoms with Crippen molar-refractivity contribution in [2.45, 2.75) is 6.18 Å². The molecule has 8 heteroatoms. The molecule has 29 heavy (non-hydrogen) atoms.